The first-order chi connectivity index (χ1) is 6.42. The van der Waals surface area contributed by atoms with Crippen molar-refractivity contribution in [3.05, 3.63) is 33.3 Å². The second-order valence-corrected chi connectivity index (χ2v) is 5.74. The fourth-order valence-electron chi connectivity index (χ4n) is 1.99. The summed E-state index contributed by atoms with van der Waals surface area (Å²) in [6, 6.07) is 3.83. The van der Waals surface area contributed by atoms with Gasteiger partial charge in [-0.05, 0) is 35.1 Å². The Morgan fingerprint density at radius 2 is 1.79 bits per heavy atom. The molecular formula is C11H11Cl3. The lowest BCUT2D eigenvalue weighted by atomic mass is 9.90. The molecule has 0 amide bonds. The predicted octanol–water partition coefficient (Wildman–Crippen LogP) is 4.86. The lowest BCUT2D eigenvalue weighted by Crippen LogP contribution is -2.12. The maximum atomic E-state index is 6.36. The van der Waals surface area contributed by atoms with Gasteiger partial charge in [0.1, 0.15) is 0 Å². The zero-order valence-electron chi connectivity index (χ0n) is 8.07. The van der Waals surface area contributed by atoms with Crippen LogP contribution in [0, 0.1) is 5.41 Å². The molecule has 3 heteroatoms. The Kier molecular flexibility index (Phi) is 2.50. The van der Waals surface area contributed by atoms with Gasteiger partial charge in [0, 0.05) is 0 Å². The molecule has 76 valence electrons. The first kappa shape index (κ1) is 10.6. The molecule has 1 aromatic rings. The van der Waals surface area contributed by atoms with Crippen molar-refractivity contribution in [1.82, 2.24) is 0 Å². The standard InChI is InChI=1S/C11H11Cl3/c1-11(2)5-6-3-8(12)9(13)4-7(6)10(11)14/h3-4,10H,5H2,1-2H3. The van der Waals surface area contributed by atoms with Crippen LogP contribution in [0.1, 0.15) is 30.4 Å². The van der Waals surface area contributed by atoms with Crippen molar-refractivity contribution in [3.63, 3.8) is 0 Å². The van der Waals surface area contributed by atoms with Crippen molar-refractivity contribution < 1.29 is 0 Å². The number of benzene rings is 1. The van der Waals surface area contributed by atoms with Crippen molar-refractivity contribution in [1.29, 1.82) is 0 Å². The normalized spacial score (nSPS) is 23.6. The van der Waals surface area contributed by atoms with Crippen LogP contribution >= 0.6 is 34.8 Å². The lowest BCUT2D eigenvalue weighted by molar-refractivity contribution is 0.379. The SMILES string of the molecule is CC1(C)Cc2cc(Cl)c(Cl)cc2C1Cl. The molecule has 0 bridgehead atoms. The number of hydrogen-bond donors (Lipinski definition) is 0. The molecule has 0 nitrogen and oxygen atoms in total. The topological polar surface area (TPSA) is 0 Å². The highest BCUT2D eigenvalue weighted by Crippen LogP contribution is 2.50. The zero-order chi connectivity index (χ0) is 10.5. The van der Waals surface area contributed by atoms with E-state index in [1.165, 1.54) is 5.56 Å². The number of hydrogen-bond acceptors (Lipinski definition) is 0. The van der Waals surface area contributed by atoms with Crippen LogP contribution in [0.25, 0.3) is 0 Å². The maximum absolute atomic E-state index is 6.36. The molecule has 2 rings (SSSR count). The zero-order valence-corrected chi connectivity index (χ0v) is 10.3. The highest BCUT2D eigenvalue weighted by atomic mass is 35.5. The number of alkyl halides is 1. The van der Waals surface area contributed by atoms with Crippen LogP contribution < -0.4 is 0 Å². The van der Waals surface area contributed by atoms with Gasteiger partial charge in [-0.2, -0.15) is 0 Å². The predicted molar refractivity (Wildman–Crippen MR) is 62.5 cm³/mol. The summed E-state index contributed by atoms with van der Waals surface area (Å²) in [6.07, 6.45) is 0.966. The molecule has 0 spiro atoms. The third-order valence-electron chi connectivity index (χ3n) is 2.79. The Bertz CT molecular complexity index is 382. The van der Waals surface area contributed by atoms with Gasteiger partial charge in [0.25, 0.3) is 0 Å². The quantitative estimate of drug-likeness (QED) is 0.576. The minimum atomic E-state index is 0.0345. The maximum Gasteiger partial charge on any atom is 0.0642 e. The van der Waals surface area contributed by atoms with Gasteiger partial charge in [0.2, 0.25) is 0 Å². The van der Waals surface area contributed by atoms with Gasteiger partial charge in [-0.15, -0.1) is 11.6 Å². The van der Waals surface area contributed by atoms with Crippen LogP contribution in [-0.4, -0.2) is 0 Å². The van der Waals surface area contributed by atoms with E-state index in [9.17, 15) is 0 Å². The highest BCUT2D eigenvalue weighted by molar-refractivity contribution is 6.42. The van der Waals surface area contributed by atoms with Gasteiger partial charge in [-0.1, -0.05) is 37.0 Å². The van der Waals surface area contributed by atoms with Crippen LogP contribution in [0.3, 0.4) is 0 Å². The van der Waals surface area contributed by atoms with Gasteiger partial charge < -0.3 is 0 Å². The summed E-state index contributed by atoms with van der Waals surface area (Å²) in [6.45, 7) is 4.32. The van der Waals surface area contributed by atoms with Crippen LogP contribution in [0.5, 0.6) is 0 Å². The lowest BCUT2D eigenvalue weighted by Gasteiger charge is -2.21. The molecule has 0 fully saturated rings. The van der Waals surface area contributed by atoms with Crippen molar-refractivity contribution in [3.8, 4) is 0 Å². The molecule has 0 saturated heterocycles. The molecule has 0 N–H and O–H groups in total. The van der Waals surface area contributed by atoms with Crippen molar-refractivity contribution in [2.45, 2.75) is 25.6 Å². The second-order valence-electron chi connectivity index (χ2n) is 4.49. The minimum absolute atomic E-state index is 0.0345. The van der Waals surface area contributed by atoms with Crippen molar-refractivity contribution >= 4 is 34.8 Å². The summed E-state index contributed by atoms with van der Waals surface area (Å²) in [4.78, 5) is 0. The van der Waals surface area contributed by atoms with Crippen molar-refractivity contribution in [2.75, 3.05) is 0 Å². The molecule has 0 radical (unpaired) electrons. The van der Waals surface area contributed by atoms with Gasteiger partial charge in [-0.3, -0.25) is 0 Å². The smallest absolute Gasteiger partial charge is 0.0642 e. The number of rotatable bonds is 0. The van der Waals surface area contributed by atoms with Crippen molar-refractivity contribution in [2.24, 2.45) is 5.41 Å². The monoisotopic (exact) mass is 248 g/mol. The van der Waals surface area contributed by atoms with E-state index in [0.29, 0.717) is 10.0 Å². The molecule has 0 saturated carbocycles. The Hall–Kier alpha value is 0.0900. The van der Waals surface area contributed by atoms with E-state index in [1.54, 1.807) is 0 Å². The fourth-order valence-corrected chi connectivity index (χ4v) is 2.63. The molecule has 1 aromatic carbocycles. The van der Waals surface area contributed by atoms with Crippen LogP contribution in [0.4, 0.5) is 0 Å². The van der Waals surface area contributed by atoms with Crippen LogP contribution in [-0.2, 0) is 6.42 Å². The molecular weight excluding hydrogens is 238 g/mol. The van der Waals surface area contributed by atoms with Gasteiger partial charge >= 0.3 is 0 Å². The Balaban J connectivity index is 2.55. The molecule has 1 atom stereocenters. The summed E-state index contributed by atoms with van der Waals surface area (Å²) in [7, 11) is 0. The third kappa shape index (κ3) is 1.54. The Labute approximate surface area is 99.2 Å². The summed E-state index contributed by atoms with van der Waals surface area (Å²) in [5, 5.41) is 1.24. The second kappa shape index (κ2) is 3.30. The van der Waals surface area contributed by atoms with Crippen LogP contribution in [0.2, 0.25) is 10.0 Å². The molecule has 0 aromatic heterocycles. The average molecular weight is 250 g/mol. The van der Waals surface area contributed by atoms with E-state index >= 15 is 0 Å². The van der Waals surface area contributed by atoms with Gasteiger partial charge in [-0.25, -0.2) is 0 Å². The summed E-state index contributed by atoms with van der Waals surface area (Å²) < 4.78 is 0. The van der Waals surface area contributed by atoms with E-state index in [1.807, 2.05) is 12.1 Å². The number of halogens is 3. The molecule has 0 aliphatic heterocycles. The Morgan fingerprint density at radius 1 is 1.21 bits per heavy atom. The van der Waals surface area contributed by atoms with Crippen LogP contribution in [0.15, 0.2) is 12.1 Å². The van der Waals surface area contributed by atoms with E-state index in [-0.39, 0.29) is 10.8 Å². The molecule has 1 aliphatic rings. The first-order valence-electron chi connectivity index (χ1n) is 4.54. The molecule has 14 heavy (non-hydrogen) atoms. The molecule has 0 heterocycles. The molecule has 1 aliphatic carbocycles. The van der Waals surface area contributed by atoms with Gasteiger partial charge in [0.15, 0.2) is 0 Å². The highest BCUT2D eigenvalue weighted by Gasteiger charge is 2.37. The summed E-state index contributed by atoms with van der Waals surface area (Å²) in [5.74, 6) is 0. The number of fused-ring (bicyclic) bond motifs is 1. The summed E-state index contributed by atoms with van der Waals surface area (Å²) in [5.41, 5.74) is 2.45. The van der Waals surface area contributed by atoms with Gasteiger partial charge in [0.05, 0.1) is 15.4 Å². The first-order valence-corrected chi connectivity index (χ1v) is 5.73. The van der Waals surface area contributed by atoms with E-state index in [4.69, 9.17) is 34.8 Å². The molecule has 1 unspecified atom stereocenters. The fraction of sp³-hybridized carbons (Fsp3) is 0.455. The van der Waals surface area contributed by atoms with E-state index < -0.39 is 0 Å². The largest absolute Gasteiger partial charge is 0.117 e. The van der Waals surface area contributed by atoms with E-state index in [2.05, 4.69) is 13.8 Å². The third-order valence-corrected chi connectivity index (χ3v) is 4.34. The Morgan fingerprint density at radius 3 is 2.43 bits per heavy atom. The summed E-state index contributed by atoms with van der Waals surface area (Å²) >= 11 is 18.3. The minimum Gasteiger partial charge on any atom is -0.117 e. The average Bonchev–Trinajstić information content (AvgIpc) is 2.28. The van der Waals surface area contributed by atoms with E-state index in [0.717, 1.165) is 12.0 Å².